The van der Waals surface area contributed by atoms with Crippen molar-refractivity contribution < 1.29 is 4.21 Å². The summed E-state index contributed by atoms with van der Waals surface area (Å²) in [5.74, 6) is 0.373. The molecule has 0 radical (unpaired) electrons. The van der Waals surface area contributed by atoms with E-state index in [1.165, 1.54) is 10.7 Å². The molecular formula is C12H15BrN6O2S. The molecule has 0 saturated carbocycles. The Labute approximate surface area is 136 Å². The van der Waals surface area contributed by atoms with E-state index in [0.29, 0.717) is 28.2 Å². The number of unbranched alkanes of at least 4 members (excludes halogenated alkanes) is 2. The van der Waals surface area contributed by atoms with Gasteiger partial charge >= 0.3 is 0 Å². The number of halogens is 1. The highest BCUT2D eigenvalue weighted by molar-refractivity contribution is 9.10. The molecule has 1 N–H and O–H groups in total. The molecule has 0 aliphatic carbocycles. The van der Waals surface area contributed by atoms with Gasteiger partial charge in [0.15, 0.2) is 15.9 Å². The molecule has 10 heteroatoms. The molecular weight excluding hydrogens is 372 g/mol. The fourth-order valence-electron chi connectivity index (χ4n) is 2.41. The van der Waals surface area contributed by atoms with Gasteiger partial charge in [0.1, 0.15) is 0 Å². The minimum Gasteiger partial charge on any atom is -0.327 e. The van der Waals surface area contributed by atoms with Gasteiger partial charge in [-0.1, -0.05) is 19.8 Å². The minimum absolute atomic E-state index is 0.150. The predicted octanol–water partition coefficient (Wildman–Crippen LogP) is 1.46. The maximum Gasteiger partial charge on any atom is 0.287 e. The second-order valence-electron chi connectivity index (χ2n) is 4.96. The molecule has 0 aromatic carbocycles. The molecule has 22 heavy (non-hydrogen) atoms. The number of H-pyrrole nitrogens is 1. The van der Waals surface area contributed by atoms with E-state index in [-0.39, 0.29) is 10.7 Å². The predicted molar refractivity (Wildman–Crippen MR) is 86.5 cm³/mol. The zero-order chi connectivity index (χ0) is 15.9. The van der Waals surface area contributed by atoms with E-state index >= 15 is 0 Å². The summed E-state index contributed by atoms with van der Waals surface area (Å²) in [4.78, 5) is 19.8. The van der Waals surface area contributed by atoms with Gasteiger partial charge < -0.3 is 4.98 Å². The smallest absolute Gasteiger partial charge is 0.287 e. The number of nitrogens with one attached hydrogen (secondary N) is 1. The lowest BCUT2D eigenvalue weighted by Gasteiger charge is -2.08. The lowest BCUT2D eigenvalue weighted by molar-refractivity contribution is 0.611. The van der Waals surface area contributed by atoms with Gasteiger partial charge in [-0.15, -0.1) is 10.2 Å². The van der Waals surface area contributed by atoms with Crippen molar-refractivity contribution in [3.05, 3.63) is 15.1 Å². The molecule has 3 rings (SSSR count). The van der Waals surface area contributed by atoms with E-state index in [2.05, 4.69) is 43.0 Å². The van der Waals surface area contributed by atoms with Gasteiger partial charge in [0.25, 0.3) is 5.56 Å². The number of hydrogen-bond donors (Lipinski definition) is 1. The lowest BCUT2D eigenvalue weighted by Crippen LogP contribution is -2.21. The summed E-state index contributed by atoms with van der Waals surface area (Å²) in [5.41, 5.74) is 0.536. The quantitative estimate of drug-likeness (QED) is 0.528. The van der Waals surface area contributed by atoms with Gasteiger partial charge in [-0.25, -0.2) is 9.38 Å². The topological polar surface area (TPSA) is 97.9 Å². The summed E-state index contributed by atoms with van der Waals surface area (Å²) in [7, 11) is -1.40. The minimum atomic E-state index is -1.40. The third-order valence-electron chi connectivity index (χ3n) is 3.43. The van der Waals surface area contributed by atoms with Crippen LogP contribution in [0.4, 0.5) is 0 Å². The van der Waals surface area contributed by atoms with Gasteiger partial charge in [0.05, 0.1) is 10.8 Å². The van der Waals surface area contributed by atoms with Crippen molar-refractivity contribution in [1.82, 2.24) is 29.1 Å². The number of nitrogens with zero attached hydrogens (tertiary/aromatic N) is 5. The summed E-state index contributed by atoms with van der Waals surface area (Å²) >= 11 is 3.26. The maximum atomic E-state index is 12.6. The molecule has 0 aliphatic rings. The highest BCUT2D eigenvalue weighted by Crippen LogP contribution is 2.17. The van der Waals surface area contributed by atoms with Crippen molar-refractivity contribution in [1.29, 1.82) is 0 Å². The van der Waals surface area contributed by atoms with Crippen LogP contribution in [0.3, 0.4) is 0 Å². The summed E-state index contributed by atoms with van der Waals surface area (Å²) in [6, 6.07) is 0. The lowest BCUT2D eigenvalue weighted by atomic mass is 10.2. The van der Waals surface area contributed by atoms with Crippen LogP contribution < -0.4 is 5.56 Å². The third kappa shape index (κ3) is 2.39. The van der Waals surface area contributed by atoms with Crippen LogP contribution >= 0.6 is 15.9 Å². The van der Waals surface area contributed by atoms with Crippen LogP contribution in [0.25, 0.3) is 16.9 Å². The Balaban J connectivity index is 2.35. The van der Waals surface area contributed by atoms with Crippen LogP contribution in [0.5, 0.6) is 0 Å². The van der Waals surface area contributed by atoms with Crippen molar-refractivity contribution >= 4 is 43.7 Å². The van der Waals surface area contributed by atoms with E-state index in [0.717, 1.165) is 19.3 Å². The maximum absolute atomic E-state index is 12.6. The molecule has 3 aromatic rings. The molecule has 3 aromatic heterocycles. The molecule has 8 nitrogen and oxygen atoms in total. The molecule has 0 spiro atoms. The van der Waals surface area contributed by atoms with E-state index in [4.69, 9.17) is 0 Å². The Hall–Kier alpha value is -1.55. The molecule has 1 atom stereocenters. The standard InChI is InChI=1S/C12H15BrN6O2S/c1-3-4-5-6-18-8-7(14-10(13)15-8)9(20)19-11(18)16-17-12(19)22(2)21/h3-6H2,1-2H3,(H,14,15). The van der Waals surface area contributed by atoms with E-state index in [9.17, 15) is 9.00 Å². The zero-order valence-corrected chi connectivity index (χ0v) is 14.6. The molecule has 0 amide bonds. The average molecular weight is 387 g/mol. The van der Waals surface area contributed by atoms with Gasteiger partial charge in [-0.3, -0.25) is 13.6 Å². The normalized spacial score (nSPS) is 13.2. The van der Waals surface area contributed by atoms with Crippen LogP contribution in [-0.4, -0.2) is 39.6 Å². The number of aromatic nitrogens is 6. The Morgan fingerprint density at radius 3 is 2.77 bits per heavy atom. The first-order valence-electron chi connectivity index (χ1n) is 6.91. The number of fused-ring (bicyclic) bond motifs is 2. The van der Waals surface area contributed by atoms with Crippen LogP contribution in [0.15, 0.2) is 14.7 Å². The van der Waals surface area contributed by atoms with Crippen molar-refractivity contribution in [3.63, 3.8) is 0 Å². The Kier molecular flexibility index (Phi) is 4.13. The number of aromatic amines is 1. The SMILES string of the molecule is CCCCCn1c2nc(Br)[nH]c2c(=O)n2c(S(C)=O)nnc12. The summed E-state index contributed by atoms with van der Waals surface area (Å²) in [5, 5.41) is 8.11. The van der Waals surface area contributed by atoms with Gasteiger partial charge in [-0.2, -0.15) is 0 Å². The van der Waals surface area contributed by atoms with E-state index < -0.39 is 10.8 Å². The van der Waals surface area contributed by atoms with Crippen molar-refractivity contribution in [2.75, 3.05) is 6.26 Å². The first-order valence-corrected chi connectivity index (χ1v) is 9.26. The molecule has 0 aliphatic heterocycles. The van der Waals surface area contributed by atoms with Crippen molar-refractivity contribution in [3.8, 4) is 0 Å². The number of rotatable bonds is 5. The molecule has 0 fully saturated rings. The van der Waals surface area contributed by atoms with Crippen LogP contribution in [-0.2, 0) is 17.3 Å². The Morgan fingerprint density at radius 2 is 2.09 bits per heavy atom. The van der Waals surface area contributed by atoms with Crippen LogP contribution in [0.1, 0.15) is 26.2 Å². The third-order valence-corrected chi connectivity index (χ3v) is 4.58. The number of imidazole rings is 1. The zero-order valence-electron chi connectivity index (χ0n) is 12.2. The van der Waals surface area contributed by atoms with Gasteiger partial charge in [0, 0.05) is 12.8 Å². The monoisotopic (exact) mass is 386 g/mol. The molecule has 3 heterocycles. The largest absolute Gasteiger partial charge is 0.327 e. The van der Waals surface area contributed by atoms with Crippen LogP contribution in [0.2, 0.25) is 0 Å². The molecule has 0 saturated heterocycles. The van der Waals surface area contributed by atoms with Crippen LogP contribution in [0, 0.1) is 0 Å². The first-order chi connectivity index (χ1) is 10.5. The fourth-order valence-corrected chi connectivity index (χ4v) is 3.36. The first kappa shape index (κ1) is 15.3. The molecule has 1 unspecified atom stereocenters. The van der Waals surface area contributed by atoms with E-state index in [1.807, 2.05) is 4.57 Å². The number of hydrogen-bond acceptors (Lipinski definition) is 5. The highest BCUT2D eigenvalue weighted by Gasteiger charge is 2.20. The average Bonchev–Trinajstić information content (AvgIpc) is 3.06. The Bertz CT molecular complexity index is 927. The van der Waals surface area contributed by atoms with Crippen molar-refractivity contribution in [2.45, 2.75) is 37.9 Å². The second-order valence-corrected chi connectivity index (χ2v) is 6.99. The van der Waals surface area contributed by atoms with Crippen molar-refractivity contribution in [2.24, 2.45) is 0 Å². The van der Waals surface area contributed by atoms with Gasteiger partial charge in [0.2, 0.25) is 10.9 Å². The van der Waals surface area contributed by atoms with E-state index in [1.54, 1.807) is 0 Å². The highest BCUT2D eigenvalue weighted by atomic mass is 79.9. The molecule has 0 bridgehead atoms. The molecule has 118 valence electrons. The van der Waals surface area contributed by atoms with Gasteiger partial charge in [-0.05, 0) is 22.4 Å². The second kappa shape index (κ2) is 5.92. The summed E-state index contributed by atoms with van der Waals surface area (Å²) in [6.45, 7) is 2.79. The summed E-state index contributed by atoms with van der Waals surface area (Å²) in [6.07, 6.45) is 4.56. The number of aryl methyl sites for hydroxylation is 1. The Morgan fingerprint density at radius 1 is 1.32 bits per heavy atom. The fraction of sp³-hybridized carbons (Fsp3) is 0.500. The summed E-state index contributed by atoms with van der Waals surface area (Å²) < 4.78 is 15.4.